The number of oxime groups is 1. The highest BCUT2D eigenvalue weighted by atomic mass is 79.9. The fourth-order valence-electron chi connectivity index (χ4n) is 4.64. The summed E-state index contributed by atoms with van der Waals surface area (Å²) in [5.41, 5.74) is 7.09. The molecule has 0 aliphatic carbocycles. The van der Waals surface area contributed by atoms with Crippen molar-refractivity contribution in [3.63, 3.8) is 0 Å². The molecule has 0 atom stereocenters. The minimum atomic E-state index is -0.465. The van der Waals surface area contributed by atoms with E-state index < -0.39 is 5.91 Å². The number of hydrogen-bond acceptors (Lipinski definition) is 7. The van der Waals surface area contributed by atoms with Gasteiger partial charge in [0.15, 0.2) is 5.95 Å². The lowest BCUT2D eigenvalue weighted by molar-refractivity contribution is -0.121. The van der Waals surface area contributed by atoms with Gasteiger partial charge in [0, 0.05) is 38.0 Å². The second kappa shape index (κ2) is 22.0. The molecule has 0 aliphatic heterocycles. The molecule has 240 valence electrons. The van der Waals surface area contributed by atoms with E-state index in [4.69, 9.17) is 10.5 Å². The Kier molecular flexibility index (Phi) is 18.7. The van der Waals surface area contributed by atoms with Gasteiger partial charge in [-0.15, -0.1) is 0 Å². The van der Waals surface area contributed by atoms with Crippen molar-refractivity contribution < 1.29 is 19.5 Å². The van der Waals surface area contributed by atoms with E-state index in [1.807, 2.05) is 12.1 Å². The number of halogens is 2. The maximum absolute atomic E-state index is 12.5. The van der Waals surface area contributed by atoms with Gasteiger partial charge >= 0.3 is 0 Å². The molecular formula is C31H48Br2N6O4. The van der Waals surface area contributed by atoms with Crippen LogP contribution in [0.15, 0.2) is 32.4 Å². The molecule has 2 amide bonds. The molecule has 0 unspecified atom stereocenters. The number of amides is 2. The number of nitrogens with two attached hydrogens (primary N) is 1. The number of anilines is 1. The number of carbonyl (C=O) groups is 2. The van der Waals surface area contributed by atoms with Crippen LogP contribution < -0.4 is 21.1 Å². The van der Waals surface area contributed by atoms with Crippen LogP contribution in [0.3, 0.4) is 0 Å². The quantitative estimate of drug-likeness (QED) is 0.0366. The number of nitrogens with one attached hydrogen (secondary N) is 3. The summed E-state index contributed by atoms with van der Waals surface area (Å²) < 4.78 is 7.33. The number of rotatable bonds is 23. The van der Waals surface area contributed by atoms with Gasteiger partial charge in [0.2, 0.25) is 5.91 Å². The SMILES string of the molecule is CCCCCCCCCCCCCC(=O)NCCCOc1c(Br)cc(C/C(=N/O)C(=O)NCCc2cnc(N)[nH]2)cc1Br. The highest BCUT2D eigenvalue weighted by Crippen LogP contribution is 2.35. The number of H-pyrrole nitrogens is 1. The first kappa shape index (κ1) is 36.6. The van der Waals surface area contributed by atoms with Crippen LogP contribution in [0.4, 0.5) is 5.95 Å². The minimum absolute atomic E-state index is 0.0134. The molecule has 2 aromatic rings. The molecule has 43 heavy (non-hydrogen) atoms. The van der Waals surface area contributed by atoms with Gasteiger partial charge in [-0.05, 0) is 62.4 Å². The van der Waals surface area contributed by atoms with E-state index in [1.54, 1.807) is 6.20 Å². The molecule has 0 radical (unpaired) electrons. The maximum Gasteiger partial charge on any atom is 0.269 e. The summed E-state index contributed by atoms with van der Waals surface area (Å²) in [4.78, 5) is 31.4. The molecule has 6 N–H and O–H groups in total. The molecule has 1 aromatic carbocycles. The van der Waals surface area contributed by atoms with Crippen LogP contribution in [0, 0.1) is 0 Å². The average Bonchev–Trinajstić information content (AvgIpc) is 3.40. The van der Waals surface area contributed by atoms with Gasteiger partial charge in [-0.2, -0.15) is 0 Å². The van der Waals surface area contributed by atoms with Crippen LogP contribution >= 0.6 is 31.9 Å². The van der Waals surface area contributed by atoms with Crippen LogP contribution in [-0.2, 0) is 22.4 Å². The summed E-state index contributed by atoms with van der Waals surface area (Å²) in [6.07, 6.45) is 17.5. The fourth-order valence-corrected chi connectivity index (χ4v) is 6.15. The van der Waals surface area contributed by atoms with E-state index in [1.165, 1.54) is 57.8 Å². The van der Waals surface area contributed by atoms with Crippen molar-refractivity contribution in [1.29, 1.82) is 0 Å². The number of benzene rings is 1. The average molecular weight is 729 g/mol. The zero-order chi connectivity index (χ0) is 31.3. The first-order valence-corrected chi connectivity index (χ1v) is 17.1. The number of aromatic amines is 1. The van der Waals surface area contributed by atoms with Gasteiger partial charge in [0.05, 0.1) is 21.7 Å². The second-order valence-electron chi connectivity index (χ2n) is 10.7. The van der Waals surface area contributed by atoms with Crippen LogP contribution in [0.5, 0.6) is 5.75 Å². The van der Waals surface area contributed by atoms with Crippen LogP contribution in [0.25, 0.3) is 0 Å². The Balaban J connectivity index is 1.60. The summed E-state index contributed by atoms with van der Waals surface area (Å²) >= 11 is 7.06. The summed E-state index contributed by atoms with van der Waals surface area (Å²) in [5.74, 6) is 0.577. The molecule has 12 heteroatoms. The van der Waals surface area contributed by atoms with Gasteiger partial charge in [0.1, 0.15) is 11.5 Å². The Hall–Kier alpha value is -2.60. The highest BCUT2D eigenvalue weighted by Gasteiger charge is 2.16. The molecule has 0 bridgehead atoms. The van der Waals surface area contributed by atoms with Crippen molar-refractivity contribution in [3.8, 4) is 5.75 Å². The van der Waals surface area contributed by atoms with Crippen LogP contribution in [0.1, 0.15) is 102 Å². The molecule has 10 nitrogen and oxygen atoms in total. The summed E-state index contributed by atoms with van der Waals surface area (Å²) in [7, 11) is 0. The lowest BCUT2D eigenvalue weighted by Gasteiger charge is -2.13. The van der Waals surface area contributed by atoms with Crippen molar-refractivity contribution in [3.05, 3.63) is 38.5 Å². The Bertz CT molecular complexity index is 1120. The van der Waals surface area contributed by atoms with Gasteiger partial charge in [-0.3, -0.25) is 9.59 Å². The van der Waals surface area contributed by atoms with Crippen molar-refractivity contribution in [1.82, 2.24) is 20.6 Å². The smallest absolute Gasteiger partial charge is 0.269 e. The molecular weight excluding hydrogens is 680 g/mol. The second-order valence-corrected chi connectivity index (χ2v) is 12.5. The van der Waals surface area contributed by atoms with E-state index >= 15 is 0 Å². The zero-order valence-corrected chi connectivity index (χ0v) is 28.5. The largest absolute Gasteiger partial charge is 0.491 e. The van der Waals surface area contributed by atoms with E-state index in [0.29, 0.717) is 59.6 Å². The Morgan fingerprint density at radius 1 is 0.953 bits per heavy atom. The van der Waals surface area contributed by atoms with Gasteiger partial charge < -0.3 is 31.3 Å². The Morgan fingerprint density at radius 3 is 2.16 bits per heavy atom. The Morgan fingerprint density at radius 2 is 1.58 bits per heavy atom. The number of unbranched alkanes of at least 4 members (excludes halogenated alkanes) is 10. The Labute approximate surface area is 272 Å². The normalized spacial score (nSPS) is 11.5. The molecule has 2 rings (SSSR count). The summed E-state index contributed by atoms with van der Waals surface area (Å²) in [6, 6.07) is 3.64. The van der Waals surface area contributed by atoms with Crippen molar-refractivity contribution in [2.75, 3.05) is 25.4 Å². The minimum Gasteiger partial charge on any atom is -0.491 e. The van der Waals surface area contributed by atoms with Gasteiger partial charge in [0.25, 0.3) is 5.91 Å². The van der Waals surface area contributed by atoms with Crippen LogP contribution in [0.2, 0.25) is 0 Å². The molecule has 1 aromatic heterocycles. The first-order valence-electron chi connectivity index (χ1n) is 15.5. The molecule has 1 heterocycles. The lowest BCUT2D eigenvalue weighted by Crippen LogP contribution is -2.33. The lowest BCUT2D eigenvalue weighted by atomic mass is 10.1. The van der Waals surface area contributed by atoms with Gasteiger partial charge in [-0.25, -0.2) is 4.98 Å². The van der Waals surface area contributed by atoms with E-state index in [0.717, 1.165) is 24.1 Å². The van der Waals surface area contributed by atoms with Crippen molar-refractivity contribution >= 4 is 55.3 Å². The summed E-state index contributed by atoms with van der Waals surface area (Å²) in [6.45, 7) is 3.57. The third kappa shape index (κ3) is 15.6. The molecule has 0 spiro atoms. The number of hydrogen-bond donors (Lipinski definition) is 5. The monoisotopic (exact) mass is 726 g/mol. The number of nitrogens with zero attached hydrogens (tertiary/aromatic N) is 2. The van der Waals surface area contributed by atoms with Crippen LogP contribution in [-0.4, -0.2) is 52.4 Å². The third-order valence-corrected chi connectivity index (χ3v) is 8.22. The molecule has 0 saturated heterocycles. The topological polar surface area (TPSA) is 155 Å². The number of ether oxygens (including phenoxy) is 1. The number of aromatic nitrogens is 2. The predicted molar refractivity (Wildman–Crippen MR) is 179 cm³/mol. The molecule has 0 aliphatic rings. The van der Waals surface area contributed by atoms with E-state index in [2.05, 4.69) is 64.5 Å². The number of nitrogen functional groups attached to an aromatic ring is 1. The van der Waals surface area contributed by atoms with E-state index in [9.17, 15) is 14.8 Å². The number of imidazole rings is 1. The number of carbonyl (C=O) groups excluding carboxylic acids is 2. The van der Waals surface area contributed by atoms with Crippen molar-refractivity contribution in [2.24, 2.45) is 5.16 Å². The maximum atomic E-state index is 12.5. The van der Waals surface area contributed by atoms with Gasteiger partial charge in [-0.1, -0.05) is 76.3 Å². The summed E-state index contributed by atoms with van der Waals surface area (Å²) in [5, 5.41) is 18.3. The van der Waals surface area contributed by atoms with Crippen molar-refractivity contribution in [2.45, 2.75) is 103 Å². The third-order valence-electron chi connectivity index (χ3n) is 7.04. The zero-order valence-electron chi connectivity index (χ0n) is 25.4. The standard InChI is InChI=1S/C31H48Br2N6O4/c1-2-3-4-5-6-7-8-9-10-11-12-14-28(40)35-16-13-18-43-29-25(32)19-23(20-26(29)33)21-27(39-42)30(41)36-17-15-24-22-37-31(34)38-24/h19-20,22,42H,2-18,21H2,1H3,(H,35,40)(H,36,41)(H3,34,37,38)/b39-27-. The fraction of sp³-hybridized carbons (Fsp3) is 0.613. The highest BCUT2D eigenvalue weighted by molar-refractivity contribution is 9.11. The molecule has 0 fully saturated rings. The molecule has 0 saturated carbocycles. The van der Waals surface area contributed by atoms with E-state index in [-0.39, 0.29) is 18.0 Å². The first-order chi connectivity index (χ1) is 20.8. The predicted octanol–water partition coefficient (Wildman–Crippen LogP) is 6.83.